The fraction of sp³-hybridized carbons (Fsp3) is 0.0370. The number of hydrogen-bond donors (Lipinski definition) is 2. The van der Waals surface area contributed by atoms with Crippen LogP contribution in [0.2, 0.25) is 0 Å². The van der Waals surface area contributed by atoms with Crippen molar-refractivity contribution in [2.45, 2.75) is 0 Å². The Morgan fingerprint density at radius 3 is 2.03 bits per heavy atom. The molecule has 0 aliphatic rings. The van der Waals surface area contributed by atoms with E-state index in [1.807, 2.05) is 78.9 Å². The van der Waals surface area contributed by atoms with Gasteiger partial charge in [0.1, 0.15) is 5.75 Å². The number of benzene rings is 4. The summed E-state index contributed by atoms with van der Waals surface area (Å²) in [5.41, 5.74) is 9.37. The van der Waals surface area contributed by atoms with Gasteiger partial charge in [0.15, 0.2) is 6.61 Å². The Morgan fingerprint density at radius 2 is 1.38 bits per heavy atom. The third kappa shape index (κ3) is 4.37. The largest absolute Gasteiger partial charge is 0.485 e. The summed E-state index contributed by atoms with van der Waals surface area (Å²) in [6.45, 7) is -0.303. The average molecular weight is 423 g/mol. The highest BCUT2D eigenvalue weighted by molar-refractivity contribution is 6.11. The monoisotopic (exact) mass is 423 g/mol. The number of anilines is 1. The summed E-state index contributed by atoms with van der Waals surface area (Å²) >= 11 is 0. The molecule has 5 nitrogen and oxygen atoms in total. The lowest BCUT2D eigenvalue weighted by Gasteiger charge is -2.14. The van der Waals surface area contributed by atoms with Gasteiger partial charge in [0, 0.05) is 11.1 Å². The van der Waals surface area contributed by atoms with E-state index in [1.165, 1.54) is 6.07 Å². The molecule has 0 fully saturated rings. The second kappa shape index (κ2) is 9.18. The quantitative estimate of drug-likeness (QED) is 0.300. The van der Waals surface area contributed by atoms with Crippen LogP contribution in [0.4, 0.5) is 5.69 Å². The van der Waals surface area contributed by atoms with Gasteiger partial charge in [-0.05, 0) is 34.9 Å². The number of rotatable bonds is 7. The molecule has 4 rings (SSSR count). The number of carbonyl (C=O) groups is 2. The van der Waals surface area contributed by atoms with Crippen LogP contribution in [0.3, 0.4) is 0 Å². The van der Waals surface area contributed by atoms with Crippen LogP contribution in [0.15, 0.2) is 97.1 Å². The molecule has 0 spiro atoms. The minimum Gasteiger partial charge on any atom is -0.485 e. The molecule has 4 aromatic carbocycles. The fourth-order valence-corrected chi connectivity index (χ4v) is 3.57. The molecule has 0 atom stereocenters. The predicted molar refractivity (Wildman–Crippen MR) is 125 cm³/mol. The van der Waals surface area contributed by atoms with Gasteiger partial charge in [0.05, 0.1) is 11.3 Å². The first-order chi connectivity index (χ1) is 15.5. The maximum absolute atomic E-state index is 12.9. The smallest absolute Gasteiger partial charge is 0.338 e. The van der Waals surface area contributed by atoms with Crippen molar-refractivity contribution in [3.63, 3.8) is 0 Å². The summed E-state index contributed by atoms with van der Waals surface area (Å²) in [5, 5.41) is 9.74. The van der Waals surface area contributed by atoms with E-state index in [4.69, 9.17) is 10.5 Å². The van der Waals surface area contributed by atoms with Crippen LogP contribution < -0.4 is 10.5 Å². The molecule has 0 bridgehead atoms. The van der Waals surface area contributed by atoms with Crippen molar-refractivity contribution in [2.24, 2.45) is 0 Å². The number of hydrogen-bond acceptors (Lipinski definition) is 4. The number of Topliss-reactive ketones (excluding diaryl/α,β-unsaturated/α-hetero) is 1. The lowest BCUT2D eigenvalue weighted by molar-refractivity contribution is 0.0691. The molecule has 0 aliphatic heterocycles. The van der Waals surface area contributed by atoms with Crippen LogP contribution in [0.25, 0.3) is 22.3 Å². The molecule has 0 aliphatic carbocycles. The maximum atomic E-state index is 12.9. The molecule has 3 N–H and O–H groups in total. The van der Waals surface area contributed by atoms with Crippen LogP contribution in [-0.2, 0) is 0 Å². The Morgan fingerprint density at radius 1 is 0.750 bits per heavy atom. The third-order valence-corrected chi connectivity index (χ3v) is 5.16. The topological polar surface area (TPSA) is 89.6 Å². The van der Waals surface area contributed by atoms with Crippen molar-refractivity contribution in [1.29, 1.82) is 0 Å². The molecule has 0 saturated heterocycles. The van der Waals surface area contributed by atoms with Crippen molar-refractivity contribution in [2.75, 3.05) is 12.3 Å². The van der Waals surface area contributed by atoms with E-state index in [2.05, 4.69) is 0 Å². The number of aromatic carboxylic acids is 1. The summed E-state index contributed by atoms with van der Waals surface area (Å²) in [6.07, 6.45) is 0. The van der Waals surface area contributed by atoms with Crippen LogP contribution in [0, 0.1) is 0 Å². The number of nitrogen functional groups attached to an aromatic ring is 1. The molecule has 0 aromatic heterocycles. The zero-order valence-electron chi connectivity index (χ0n) is 17.2. The van der Waals surface area contributed by atoms with Crippen LogP contribution in [0.1, 0.15) is 20.7 Å². The number of carboxylic acid groups (broad SMARTS) is 1. The molecule has 0 radical (unpaired) electrons. The Labute approximate surface area is 185 Å². The minimum atomic E-state index is -1.25. The average Bonchev–Trinajstić information content (AvgIpc) is 2.83. The minimum absolute atomic E-state index is 0.0221. The van der Waals surface area contributed by atoms with Crippen LogP contribution in [0.5, 0.6) is 5.75 Å². The molecule has 0 amide bonds. The van der Waals surface area contributed by atoms with Gasteiger partial charge in [-0.3, -0.25) is 4.79 Å². The SMILES string of the molecule is Nc1c(-c2ccccc2)ccc(C(=O)COc2cccc(-c3ccccc3)c2)c1C(=O)O. The van der Waals surface area contributed by atoms with Gasteiger partial charge in [-0.2, -0.15) is 0 Å². The lowest BCUT2D eigenvalue weighted by Crippen LogP contribution is -2.17. The van der Waals surface area contributed by atoms with Gasteiger partial charge in [-0.1, -0.05) is 78.9 Å². The molecule has 0 unspecified atom stereocenters. The first-order valence-corrected chi connectivity index (χ1v) is 10.1. The van der Waals surface area contributed by atoms with Gasteiger partial charge in [-0.15, -0.1) is 0 Å². The standard InChI is InChI=1S/C27H21NO4/c28-26-22(19-10-5-2-6-11-19)14-15-23(25(26)27(30)31)24(29)17-32-21-13-7-12-20(16-21)18-8-3-1-4-9-18/h1-16H,17,28H2,(H,30,31). The lowest BCUT2D eigenvalue weighted by atomic mass is 9.94. The Hall–Kier alpha value is -4.38. The van der Waals surface area contributed by atoms with E-state index in [-0.39, 0.29) is 23.4 Å². The van der Waals surface area contributed by atoms with Gasteiger partial charge in [-0.25, -0.2) is 4.79 Å². The molecule has 4 aromatic rings. The van der Waals surface area contributed by atoms with E-state index in [1.54, 1.807) is 12.1 Å². The highest BCUT2D eigenvalue weighted by Gasteiger charge is 2.22. The Kier molecular flexibility index (Phi) is 5.99. The van der Waals surface area contributed by atoms with Gasteiger partial charge >= 0.3 is 5.97 Å². The maximum Gasteiger partial charge on any atom is 0.338 e. The molecular formula is C27H21NO4. The van der Waals surface area contributed by atoms with Gasteiger partial charge in [0.2, 0.25) is 5.78 Å². The third-order valence-electron chi connectivity index (χ3n) is 5.16. The number of ketones is 1. The van der Waals surface area contributed by atoms with E-state index < -0.39 is 11.8 Å². The Balaban J connectivity index is 1.58. The summed E-state index contributed by atoms with van der Waals surface area (Å²) < 4.78 is 5.69. The molecular weight excluding hydrogens is 402 g/mol. The molecule has 5 heteroatoms. The Bertz CT molecular complexity index is 1270. The molecule has 32 heavy (non-hydrogen) atoms. The molecule has 0 saturated carbocycles. The van der Waals surface area contributed by atoms with Crippen molar-refractivity contribution in [3.05, 3.63) is 108 Å². The predicted octanol–water partition coefficient (Wildman–Crippen LogP) is 5.56. The fourth-order valence-electron chi connectivity index (χ4n) is 3.57. The number of carboxylic acids is 1. The van der Waals surface area contributed by atoms with Gasteiger partial charge < -0.3 is 15.6 Å². The number of carbonyl (C=O) groups excluding carboxylic acids is 1. The van der Waals surface area contributed by atoms with Crippen LogP contribution >= 0.6 is 0 Å². The normalized spacial score (nSPS) is 10.5. The first kappa shape index (κ1) is 20.9. The summed E-state index contributed by atoms with van der Waals surface area (Å²) in [4.78, 5) is 24.8. The van der Waals surface area contributed by atoms with Gasteiger partial charge in [0.25, 0.3) is 0 Å². The highest BCUT2D eigenvalue weighted by atomic mass is 16.5. The zero-order chi connectivity index (χ0) is 22.5. The van der Waals surface area contributed by atoms with Crippen LogP contribution in [-0.4, -0.2) is 23.5 Å². The first-order valence-electron chi connectivity index (χ1n) is 10.1. The van der Waals surface area contributed by atoms with E-state index >= 15 is 0 Å². The summed E-state index contributed by atoms with van der Waals surface area (Å²) in [7, 11) is 0. The summed E-state index contributed by atoms with van der Waals surface area (Å²) in [6, 6.07) is 29.6. The van der Waals surface area contributed by atoms with E-state index in [0.717, 1.165) is 16.7 Å². The summed E-state index contributed by atoms with van der Waals surface area (Å²) in [5.74, 6) is -1.20. The zero-order valence-corrected chi connectivity index (χ0v) is 17.2. The van der Waals surface area contributed by atoms with Crippen molar-refractivity contribution >= 4 is 17.4 Å². The van der Waals surface area contributed by atoms with E-state index in [9.17, 15) is 14.7 Å². The molecule has 0 heterocycles. The van der Waals surface area contributed by atoms with Crippen molar-refractivity contribution in [1.82, 2.24) is 0 Å². The van der Waals surface area contributed by atoms with E-state index in [0.29, 0.717) is 11.3 Å². The van der Waals surface area contributed by atoms with Crippen molar-refractivity contribution in [3.8, 4) is 28.0 Å². The highest BCUT2D eigenvalue weighted by Crippen LogP contribution is 2.31. The second-order valence-corrected chi connectivity index (χ2v) is 7.23. The molecule has 158 valence electrons. The number of nitrogens with two attached hydrogens (primary N) is 1. The van der Waals surface area contributed by atoms with Crippen molar-refractivity contribution < 1.29 is 19.4 Å². The number of ether oxygens (including phenoxy) is 1. The second-order valence-electron chi connectivity index (χ2n) is 7.23.